The average Bonchev–Trinajstić information content (AvgIpc) is 3.87. The molecule has 1 amide bonds. The zero-order valence-corrected chi connectivity index (χ0v) is 26.3. The van der Waals surface area contributed by atoms with Crippen molar-refractivity contribution < 1.29 is 9.53 Å². The summed E-state index contributed by atoms with van der Waals surface area (Å²) < 4.78 is 5.66. The first kappa shape index (κ1) is 28.1. The van der Waals surface area contributed by atoms with E-state index in [0.717, 1.165) is 58.4 Å². The molecule has 3 heterocycles. The summed E-state index contributed by atoms with van der Waals surface area (Å²) >= 11 is 0. The molecule has 45 heavy (non-hydrogen) atoms. The molecule has 8 rings (SSSR count). The zero-order valence-electron chi connectivity index (χ0n) is 26.3. The van der Waals surface area contributed by atoms with Gasteiger partial charge in [-0.05, 0) is 105 Å². The number of imidazole rings is 2. The number of benzene rings is 3. The lowest BCUT2D eigenvalue weighted by Crippen LogP contribution is -2.36. The number of hydrogen-bond acceptors (Lipinski definition) is 4. The zero-order chi connectivity index (χ0) is 30.7. The van der Waals surface area contributed by atoms with Gasteiger partial charge in [0.2, 0.25) is 0 Å². The van der Waals surface area contributed by atoms with Crippen molar-refractivity contribution in [3.05, 3.63) is 84.6 Å². The Bertz CT molecular complexity index is 1850. The number of ether oxygens (including phenoxy) is 1. The summed E-state index contributed by atoms with van der Waals surface area (Å²) in [4.78, 5) is 31.4. The van der Waals surface area contributed by atoms with Gasteiger partial charge in [-0.1, -0.05) is 61.0 Å². The Hall–Kier alpha value is -4.39. The summed E-state index contributed by atoms with van der Waals surface area (Å²) in [5.41, 5.74) is 8.29. The van der Waals surface area contributed by atoms with E-state index < -0.39 is 5.60 Å². The molecule has 0 spiro atoms. The lowest BCUT2D eigenvalue weighted by molar-refractivity contribution is 0.0219. The van der Waals surface area contributed by atoms with Crippen LogP contribution in [-0.4, -0.2) is 43.1 Å². The van der Waals surface area contributed by atoms with Crippen LogP contribution < -0.4 is 0 Å². The molecule has 3 aliphatic rings. The SMILES string of the molecule is CC(C)(C)OC(=O)N1CCC[C@H]1c1nc2ccc(-c3ccc(-c4ccc(-c5cnc([C@H]6C[C@@H]7CC[C@H]6C7)[nH]5)cc4)cc3)cc2[nH]1. The minimum Gasteiger partial charge on any atom is -0.444 e. The van der Waals surface area contributed by atoms with Crippen LogP contribution in [0.1, 0.15) is 82.9 Å². The molecule has 2 aliphatic carbocycles. The number of nitrogens with zero attached hydrogens (tertiary/aromatic N) is 3. The van der Waals surface area contributed by atoms with Gasteiger partial charge in [0.1, 0.15) is 17.2 Å². The van der Waals surface area contributed by atoms with E-state index in [1.165, 1.54) is 48.2 Å². The Kier molecular flexibility index (Phi) is 6.81. The van der Waals surface area contributed by atoms with Crippen LogP contribution in [0.4, 0.5) is 4.79 Å². The number of likely N-dealkylation sites (tertiary alicyclic amines) is 1. The largest absolute Gasteiger partial charge is 0.444 e. The smallest absolute Gasteiger partial charge is 0.410 e. The van der Waals surface area contributed by atoms with E-state index in [0.29, 0.717) is 12.5 Å². The molecule has 1 aliphatic heterocycles. The van der Waals surface area contributed by atoms with Gasteiger partial charge in [0.25, 0.3) is 0 Å². The van der Waals surface area contributed by atoms with E-state index in [-0.39, 0.29) is 12.1 Å². The molecule has 0 radical (unpaired) electrons. The molecule has 2 aromatic heterocycles. The van der Waals surface area contributed by atoms with E-state index >= 15 is 0 Å². The van der Waals surface area contributed by atoms with Crippen molar-refractivity contribution >= 4 is 17.1 Å². The predicted molar refractivity (Wildman–Crippen MR) is 178 cm³/mol. The molecule has 3 fully saturated rings. The molecule has 5 aromatic rings. The van der Waals surface area contributed by atoms with Crippen LogP contribution >= 0.6 is 0 Å². The average molecular weight is 600 g/mol. The summed E-state index contributed by atoms with van der Waals surface area (Å²) in [5.74, 6) is 4.37. The Morgan fingerprint density at radius 3 is 2.18 bits per heavy atom. The van der Waals surface area contributed by atoms with Crippen molar-refractivity contribution in [3.63, 3.8) is 0 Å². The number of aromatic amines is 2. The van der Waals surface area contributed by atoms with Crippen LogP contribution in [0.5, 0.6) is 0 Å². The second kappa shape index (κ2) is 10.9. The lowest BCUT2D eigenvalue weighted by atomic mass is 9.88. The van der Waals surface area contributed by atoms with Gasteiger partial charge >= 0.3 is 6.09 Å². The second-order valence-corrected chi connectivity index (χ2v) is 14.3. The number of nitrogens with one attached hydrogen (secondary N) is 2. The molecule has 2 saturated carbocycles. The van der Waals surface area contributed by atoms with Crippen LogP contribution in [0.15, 0.2) is 72.9 Å². The first-order valence-corrected chi connectivity index (χ1v) is 16.5. The van der Waals surface area contributed by atoms with Gasteiger partial charge in [-0.25, -0.2) is 14.8 Å². The van der Waals surface area contributed by atoms with Crippen molar-refractivity contribution in [2.24, 2.45) is 11.8 Å². The highest BCUT2D eigenvalue weighted by molar-refractivity contribution is 5.83. The van der Waals surface area contributed by atoms with Gasteiger partial charge in [0.15, 0.2) is 0 Å². The first-order chi connectivity index (χ1) is 21.8. The molecule has 4 atom stereocenters. The minimum atomic E-state index is -0.523. The minimum absolute atomic E-state index is 0.0981. The van der Waals surface area contributed by atoms with Gasteiger partial charge in [-0.2, -0.15) is 0 Å². The predicted octanol–water partition coefficient (Wildman–Crippen LogP) is 9.26. The van der Waals surface area contributed by atoms with E-state index in [1.807, 2.05) is 27.0 Å². The third-order valence-corrected chi connectivity index (χ3v) is 10.1. The molecule has 2 bridgehead atoms. The van der Waals surface area contributed by atoms with Gasteiger partial charge in [-0.3, -0.25) is 4.90 Å². The molecule has 0 unspecified atom stereocenters. The molecular weight excluding hydrogens is 558 g/mol. The van der Waals surface area contributed by atoms with Crippen LogP contribution in [0.3, 0.4) is 0 Å². The fourth-order valence-electron chi connectivity index (χ4n) is 7.91. The van der Waals surface area contributed by atoms with E-state index in [2.05, 4.69) is 76.7 Å². The second-order valence-electron chi connectivity index (χ2n) is 14.3. The maximum atomic E-state index is 12.8. The van der Waals surface area contributed by atoms with Gasteiger partial charge in [0, 0.05) is 12.5 Å². The summed E-state index contributed by atoms with van der Waals surface area (Å²) in [6.07, 6.45) is 9.02. The highest BCUT2D eigenvalue weighted by Gasteiger charge is 2.41. The van der Waals surface area contributed by atoms with Crippen molar-refractivity contribution in [2.75, 3.05) is 6.54 Å². The van der Waals surface area contributed by atoms with Crippen molar-refractivity contribution in [1.82, 2.24) is 24.8 Å². The lowest BCUT2D eigenvalue weighted by Gasteiger charge is -2.27. The van der Waals surface area contributed by atoms with Crippen LogP contribution in [0.2, 0.25) is 0 Å². The highest BCUT2D eigenvalue weighted by atomic mass is 16.6. The normalized spacial score (nSPS) is 22.9. The fourth-order valence-corrected chi connectivity index (χ4v) is 7.91. The van der Waals surface area contributed by atoms with Gasteiger partial charge < -0.3 is 14.7 Å². The molecule has 7 heteroatoms. The van der Waals surface area contributed by atoms with Gasteiger partial charge in [0.05, 0.1) is 29.0 Å². The number of carbonyl (C=O) groups is 1. The van der Waals surface area contributed by atoms with E-state index in [1.54, 1.807) is 4.90 Å². The molecule has 230 valence electrons. The third-order valence-electron chi connectivity index (χ3n) is 10.1. The number of hydrogen-bond donors (Lipinski definition) is 2. The van der Waals surface area contributed by atoms with Crippen LogP contribution in [0.25, 0.3) is 44.5 Å². The summed E-state index contributed by atoms with van der Waals surface area (Å²) in [5, 5.41) is 0. The Morgan fingerprint density at radius 2 is 1.51 bits per heavy atom. The standard InChI is InChI=1S/C38H41N5O2/c1-38(2,3)45-37(44)43-18-4-5-34(43)36-40-31-17-16-28(21-32(31)41-36)26-10-8-24(9-11-26)25-12-14-27(15-13-25)33-22-39-35(42-33)30-20-23-6-7-29(30)19-23/h8-17,21-23,29-30,34H,4-7,18-20H2,1-3H3,(H,39,42)(H,40,41)/t23-,29+,30+,34+/m1/s1. The Balaban J connectivity index is 0.965. The monoisotopic (exact) mass is 599 g/mol. The first-order valence-electron chi connectivity index (χ1n) is 16.5. The van der Waals surface area contributed by atoms with E-state index in [4.69, 9.17) is 14.7 Å². The maximum Gasteiger partial charge on any atom is 0.410 e. The number of amides is 1. The Morgan fingerprint density at radius 1 is 0.822 bits per heavy atom. The van der Waals surface area contributed by atoms with Gasteiger partial charge in [-0.15, -0.1) is 0 Å². The number of rotatable bonds is 5. The number of aromatic nitrogens is 4. The van der Waals surface area contributed by atoms with Crippen LogP contribution in [0, 0.1) is 11.8 Å². The summed E-state index contributed by atoms with van der Waals surface area (Å²) in [6, 6.07) is 23.7. The molecular formula is C38H41N5O2. The summed E-state index contributed by atoms with van der Waals surface area (Å²) in [7, 11) is 0. The highest BCUT2D eigenvalue weighted by Crippen LogP contribution is 2.52. The van der Waals surface area contributed by atoms with E-state index in [9.17, 15) is 4.79 Å². The fraction of sp³-hybridized carbons (Fsp3) is 0.395. The van der Waals surface area contributed by atoms with Crippen molar-refractivity contribution in [3.8, 4) is 33.5 Å². The molecule has 7 nitrogen and oxygen atoms in total. The maximum absolute atomic E-state index is 12.8. The third kappa shape index (κ3) is 5.43. The van der Waals surface area contributed by atoms with Crippen molar-refractivity contribution in [2.45, 2.75) is 76.9 Å². The molecule has 2 N–H and O–H groups in total. The summed E-state index contributed by atoms with van der Waals surface area (Å²) in [6.45, 7) is 6.38. The Labute approximate surface area is 264 Å². The quantitative estimate of drug-likeness (QED) is 0.211. The van der Waals surface area contributed by atoms with Crippen molar-refractivity contribution in [1.29, 1.82) is 0 Å². The number of carbonyl (C=O) groups excluding carboxylic acids is 1. The molecule has 1 saturated heterocycles. The number of H-pyrrole nitrogens is 2. The topological polar surface area (TPSA) is 86.9 Å². The number of fused-ring (bicyclic) bond motifs is 3. The van der Waals surface area contributed by atoms with Crippen LogP contribution in [-0.2, 0) is 4.74 Å². The molecule has 3 aromatic carbocycles.